The molecule has 27 heavy (non-hydrogen) atoms. The molecule has 0 aliphatic carbocycles. The fourth-order valence-electron chi connectivity index (χ4n) is 2.49. The molecule has 2 aromatic carbocycles. The molecule has 0 heterocycles. The van der Waals surface area contributed by atoms with Gasteiger partial charge in [0.2, 0.25) is 0 Å². The van der Waals surface area contributed by atoms with Gasteiger partial charge in [0, 0.05) is 44.0 Å². The van der Waals surface area contributed by atoms with Crippen molar-refractivity contribution in [2.75, 3.05) is 25.7 Å². The number of amides is 2. The fourth-order valence-corrected chi connectivity index (χ4v) is 2.49. The van der Waals surface area contributed by atoms with Crippen LogP contribution in [-0.4, -0.2) is 49.7 Å². The van der Waals surface area contributed by atoms with Gasteiger partial charge in [-0.2, -0.15) is 0 Å². The van der Waals surface area contributed by atoms with Crippen molar-refractivity contribution in [1.29, 1.82) is 0 Å². The summed E-state index contributed by atoms with van der Waals surface area (Å²) in [5.74, 6) is -1.98. The molecule has 2 N–H and O–H groups in total. The van der Waals surface area contributed by atoms with Gasteiger partial charge in [0.25, 0.3) is 11.8 Å². The zero-order valence-corrected chi connectivity index (χ0v) is 15.2. The maximum Gasteiger partial charge on any atom is 0.326 e. The first-order valence-corrected chi connectivity index (χ1v) is 8.39. The zero-order valence-electron chi connectivity index (χ0n) is 15.2. The van der Waals surface area contributed by atoms with Crippen LogP contribution in [0.4, 0.5) is 5.69 Å². The van der Waals surface area contributed by atoms with Gasteiger partial charge in [-0.15, -0.1) is 0 Å². The molecular formula is C20H22N2O5. The average molecular weight is 370 g/mol. The van der Waals surface area contributed by atoms with Crippen molar-refractivity contribution in [2.45, 2.75) is 12.5 Å². The third kappa shape index (κ3) is 5.39. The molecule has 1 unspecified atom stereocenters. The first kappa shape index (κ1) is 20.1. The standard InChI is InChI=1S/C20H22N2O5/c1-22(16-9-4-3-5-10-16)19(24)15-8-6-7-14(13-15)18(23)21-17(20(25)26)11-12-27-2/h3-10,13,17H,11-12H2,1-2H3,(H,21,23)(H,25,26). The number of nitrogens with one attached hydrogen (secondary N) is 1. The van der Waals surface area contributed by atoms with Crippen LogP contribution in [0.2, 0.25) is 0 Å². The van der Waals surface area contributed by atoms with Gasteiger partial charge in [0.15, 0.2) is 0 Å². The SMILES string of the molecule is COCCC(NC(=O)c1cccc(C(=O)N(C)c2ccccc2)c1)C(=O)O. The van der Waals surface area contributed by atoms with Gasteiger partial charge in [-0.05, 0) is 30.3 Å². The Bertz CT molecular complexity index is 807. The van der Waals surface area contributed by atoms with Crippen molar-refractivity contribution in [1.82, 2.24) is 5.32 Å². The number of methoxy groups -OCH3 is 1. The lowest BCUT2D eigenvalue weighted by atomic mass is 10.1. The molecule has 0 radical (unpaired) electrons. The Morgan fingerprint density at radius 3 is 2.37 bits per heavy atom. The van der Waals surface area contributed by atoms with E-state index in [9.17, 15) is 19.5 Å². The van der Waals surface area contributed by atoms with Gasteiger partial charge in [0.05, 0.1) is 0 Å². The number of anilines is 1. The number of ether oxygens (including phenoxy) is 1. The third-order valence-electron chi connectivity index (χ3n) is 4.03. The highest BCUT2D eigenvalue weighted by atomic mass is 16.5. The van der Waals surface area contributed by atoms with Crippen LogP contribution in [0.3, 0.4) is 0 Å². The summed E-state index contributed by atoms with van der Waals surface area (Å²) in [6.45, 7) is 0.206. The Morgan fingerprint density at radius 2 is 1.74 bits per heavy atom. The van der Waals surface area contributed by atoms with Gasteiger partial charge in [-0.1, -0.05) is 24.3 Å². The smallest absolute Gasteiger partial charge is 0.326 e. The predicted octanol–water partition coefficient (Wildman–Crippen LogP) is 2.18. The molecule has 2 rings (SSSR count). The molecule has 1 atom stereocenters. The molecule has 142 valence electrons. The highest BCUT2D eigenvalue weighted by Gasteiger charge is 2.21. The van der Waals surface area contributed by atoms with E-state index in [1.807, 2.05) is 30.3 Å². The van der Waals surface area contributed by atoms with E-state index in [1.54, 1.807) is 19.2 Å². The van der Waals surface area contributed by atoms with Crippen LogP contribution in [0.25, 0.3) is 0 Å². The van der Waals surface area contributed by atoms with Crippen LogP contribution in [0.5, 0.6) is 0 Å². The van der Waals surface area contributed by atoms with Crippen LogP contribution in [0.1, 0.15) is 27.1 Å². The monoisotopic (exact) mass is 370 g/mol. The number of hydrogen-bond donors (Lipinski definition) is 2. The molecule has 2 amide bonds. The lowest BCUT2D eigenvalue weighted by Gasteiger charge is -2.18. The van der Waals surface area contributed by atoms with Gasteiger partial charge >= 0.3 is 5.97 Å². The Hall–Kier alpha value is -3.19. The summed E-state index contributed by atoms with van der Waals surface area (Å²) >= 11 is 0. The number of carboxylic acids is 1. The van der Waals surface area contributed by atoms with Crippen molar-refractivity contribution < 1.29 is 24.2 Å². The molecule has 0 fully saturated rings. The van der Waals surface area contributed by atoms with Crippen molar-refractivity contribution in [3.05, 3.63) is 65.7 Å². The summed E-state index contributed by atoms with van der Waals surface area (Å²) in [6, 6.07) is 14.2. The molecule has 0 aromatic heterocycles. The van der Waals surface area contributed by atoms with Crippen molar-refractivity contribution >= 4 is 23.5 Å². The molecule has 0 saturated heterocycles. The van der Waals surface area contributed by atoms with E-state index in [2.05, 4.69) is 5.32 Å². The third-order valence-corrected chi connectivity index (χ3v) is 4.03. The molecule has 0 aliphatic heterocycles. The Kier molecular flexibility index (Phi) is 7.08. The first-order chi connectivity index (χ1) is 12.9. The molecule has 0 saturated carbocycles. The largest absolute Gasteiger partial charge is 0.480 e. The summed E-state index contributed by atoms with van der Waals surface area (Å²) in [4.78, 5) is 37.8. The van der Waals surface area contributed by atoms with Crippen LogP contribution < -0.4 is 10.2 Å². The molecule has 7 nitrogen and oxygen atoms in total. The first-order valence-electron chi connectivity index (χ1n) is 8.39. The van der Waals surface area contributed by atoms with E-state index >= 15 is 0 Å². The molecule has 2 aromatic rings. The highest BCUT2D eigenvalue weighted by Crippen LogP contribution is 2.16. The number of carbonyl (C=O) groups excluding carboxylic acids is 2. The van der Waals surface area contributed by atoms with E-state index in [1.165, 1.54) is 24.1 Å². The van der Waals surface area contributed by atoms with Crippen molar-refractivity contribution in [3.8, 4) is 0 Å². The predicted molar refractivity (Wildman–Crippen MR) is 101 cm³/mol. The van der Waals surface area contributed by atoms with Crippen LogP contribution in [-0.2, 0) is 9.53 Å². The summed E-state index contributed by atoms with van der Waals surface area (Å²) < 4.78 is 4.86. The van der Waals surface area contributed by atoms with Gasteiger partial charge < -0.3 is 20.1 Å². The second-order valence-electron chi connectivity index (χ2n) is 5.93. The minimum Gasteiger partial charge on any atom is -0.480 e. The number of aliphatic carboxylic acids is 1. The van der Waals surface area contributed by atoms with Crippen molar-refractivity contribution in [3.63, 3.8) is 0 Å². The lowest BCUT2D eigenvalue weighted by molar-refractivity contribution is -0.139. The fraction of sp³-hybridized carbons (Fsp3) is 0.250. The second kappa shape index (κ2) is 9.49. The van der Waals surface area contributed by atoms with E-state index in [0.717, 1.165) is 5.69 Å². The average Bonchev–Trinajstić information content (AvgIpc) is 2.70. The summed E-state index contributed by atoms with van der Waals surface area (Å²) in [5.41, 5.74) is 1.27. The molecule has 0 bridgehead atoms. The summed E-state index contributed by atoms with van der Waals surface area (Å²) in [7, 11) is 3.11. The van der Waals surface area contributed by atoms with Gasteiger partial charge in [-0.3, -0.25) is 9.59 Å². The zero-order chi connectivity index (χ0) is 19.8. The van der Waals surface area contributed by atoms with E-state index < -0.39 is 17.9 Å². The van der Waals surface area contributed by atoms with Crippen LogP contribution >= 0.6 is 0 Å². The maximum absolute atomic E-state index is 12.7. The van der Waals surface area contributed by atoms with Gasteiger partial charge in [0.1, 0.15) is 6.04 Å². The summed E-state index contributed by atoms with van der Waals surface area (Å²) in [6.07, 6.45) is 0.146. The molecular weight excluding hydrogens is 348 g/mol. The second-order valence-corrected chi connectivity index (χ2v) is 5.93. The minimum atomic E-state index is -1.14. The number of rotatable bonds is 8. The van der Waals surface area contributed by atoms with E-state index in [0.29, 0.717) is 5.56 Å². The summed E-state index contributed by atoms with van der Waals surface area (Å²) in [5, 5.41) is 11.7. The molecule has 0 aliphatic rings. The highest BCUT2D eigenvalue weighted by molar-refractivity contribution is 6.07. The number of nitrogens with zero attached hydrogens (tertiary/aromatic N) is 1. The quantitative estimate of drug-likeness (QED) is 0.743. The lowest BCUT2D eigenvalue weighted by Crippen LogP contribution is -2.41. The number of para-hydroxylation sites is 1. The number of carboxylic acid groups (broad SMARTS) is 1. The Labute approximate surface area is 157 Å². The van der Waals surface area contributed by atoms with Crippen molar-refractivity contribution in [2.24, 2.45) is 0 Å². The van der Waals surface area contributed by atoms with Crippen LogP contribution in [0.15, 0.2) is 54.6 Å². The Balaban J connectivity index is 2.15. The number of benzene rings is 2. The van der Waals surface area contributed by atoms with E-state index in [4.69, 9.17) is 4.74 Å². The number of carbonyl (C=O) groups is 3. The minimum absolute atomic E-state index is 0.146. The van der Waals surface area contributed by atoms with E-state index in [-0.39, 0.29) is 24.5 Å². The van der Waals surface area contributed by atoms with Gasteiger partial charge in [-0.25, -0.2) is 4.79 Å². The molecule has 0 spiro atoms. The molecule has 7 heteroatoms. The topological polar surface area (TPSA) is 95.9 Å². The maximum atomic E-state index is 12.7. The normalized spacial score (nSPS) is 11.5. The van der Waals surface area contributed by atoms with Crippen LogP contribution in [0, 0.1) is 0 Å². The number of hydrogen-bond acceptors (Lipinski definition) is 4. The Morgan fingerprint density at radius 1 is 1.07 bits per heavy atom.